The minimum atomic E-state index is -3.07. The number of alkyl halides is 2. The van der Waals surface area contributed by atoms with Crippen molar-refractivity contribution in [3.05, 3.63) is 32.5 Å². The molecule has 8 heteroatoms. The van der Waals surface area contributed by atoms with Crippen LogP contribution in [0.15, 0.2) is 6.07 Å². The van der Waals surface area contributed by atoms with Crippen LogP contribution in [0.2, 0.25) is 5.02 Å². The minimum Gasteiger partial charge on any atom is -0.358 e. The molecule has 1 aromatic heterocycles. The number of rotatable bonds is 2. The molecule has 78 valence electrons. The van der Waals surface area contributed by atoms with Crippen molar-refractivity contribution < 1.29 is 13.7 Å². The van der Waals surface area contributed by atoms with E-state index in [-0.39, 0.29) is 0 Å². The first kappa shape index (κ1) is 11.3. The molecule has 1 heterocycles. The Morgan fingerprint density at radius 3 is 2.67 bits per heavy atom. The number of hydrogen-bond acceptors (Lipinski definition) is 4. The zero-order valence-corrected chi connectivity index (χ0v) is 7.70. The SMILES string of the molecule is N#Cc1cc([N+](=O)[O-])nc(C(F)F)c1Cl. The van der Waals surface area contributed by atoms with Crippen molar-refractivity contribution >= 4 is 17.4 Å². The molecule has 0 saturated heterocycles. The molecule has 0 aromatic carbocycles. The highest BCUT2D eigenvalue weighted by Gasteiger charge is 2.26. The number of nitrogens with zero attached hydrogens (tertiary/aromatic N) is 3. The van der Waals surface area contributed by atoms with Crippen LogP contribution in [0.25, 0.3) is 0 Å². The van der Waals surface area contributed by atoms with Gasteiger partial charge in [-0.3, -0.25) is 0 Å². The second kappa shape index (κ2) is 4.14. The van der Waals surface area contributed by atoms with Crippen molar-refractivity contribution in [2.75, 3.05) is 0 Å². The Bertz CT molecular complexity index is 458. The highest BCUT2D eigenvalue weighted by Crippen LogP contribution is 2.30. The molecule has 0 amide bonds. The van der Waals surface area contributed by atoms with Gasteiger partial charge in [-0.1, -0.05) is 11.6 Å². The Balaban J connectivity index is 3.47. The van der Waals surface area contributed by atoms with E-state index in [0.29, 0.717) is 0 Å². The monoisotopic (exact) mass is 233 g/mol. The smallest absolute Gasteiger partial charge is 0.358 e. The third-order valence-electron chi connectivity index (χ3n) is 1.48. The van der Waals surface area contributed by atoms with Crippen molar-refractivity contribution in [2.45, 2.75) is 6.43 Å². The highest BCUT2D eigenvalue weighted by atomic mass is 35.5. The largest absolute Gasteiger partial charge is 0.365 e. The van der Waals surface area contributed by atoms with Gasteiger partial charge < -0.3 is 10.1 Å². The van der Waals surface area contributed by atoms with E-state index in [2.05, 4.69) is 4.98 Å². The summed E-state index contributed by atoms with van der Waals surface area (Å²) in [5.74, 6) is -0.828. The van der Waals surface area contributed by atoms with Crippen LogP contribution in [0.4, 0.5) is 14.6 Å². The van der Waals surface area contributed by atoms with Crippen LogP contribution in [-0.4, -0.2) is 9.91 Å². The zero-order valence-electron chi connectivity index (χ0n) is 6.95. The third kappa shape index (κ3) is 2.16. The maximum Gasteiger partial charge on any atom is 0.365 e. The summed E-state index contributed by atoms with van der Waals surface area (Å²) in [5.41, 5.74) is -1.35. The lowest BCUT2D eigenvalue weighted by atomic mass is 10.2. The first-order valence-corrected chi connectivity index (χ1v) is 3.88. The molecule has 0 radical (unpaired) electrons. The molecule has 5 nitrogen and oxygen atoms in total. The van der Waals surface area contributed by atoms with Crippen LogP contribution in [0.3, 0.4) is 0 Å². The second-order valence-electron chi connectivity index (χ2n) is 2.40. The molecule has 0 aliphatic carbocycles. The Hall–Kier alpha value is -1.81. The predicted molar refractivity (Wildman–Crippen MR) is 45.6 cm³/mol. The molecule has 0 bridgehead atoms. The van der Waals surface area contributed by atoms with Gasteiger partial charge in [0.25, 0.3) is 0 Å². The fraction of sp³-hybridized carbons (Fsp3) is 0.143. The summed E-state index contributed by atoms with van der Waals surface area (Å²) in [4.78, 5) is 12.4. The van der Waals surface area contributed by atoms with Crippen LogP contribution < -0.4 is 0 Å². The van der Waals surface area contributed by atoms with Crippen molar-refractivity contribution in [3.63, 3.8) is 0 Å². The Morgan fingerprint density at radius 1 is 1.67 bits per heavy atom. The second-order valence-corrected chi connectivity index (χ2v) is 2.77. The van der Waals surface area contributed by atoms with Gasteiger partial charge in [-0.2, -0.15) is 5.26 Å². The lowest BCUT2D eigenvalue weighted by molar-refractivity contribution is -0.389. The summed E-state index contributed by atoms with van der Waals surface area (Å²) in [6, 6.07) is 2.22. The number of pyridine rings is 1. The molecule has 1 aromatic rings. The normalized spacial score (nSPS) is 10.1. The third-order valence-corrected chi connectivity index (χ3v) is 1.88. The van der Waals surface area contributed by atoms with Crippen LogP contribution >= 0.6 is 11.6 Å². The van der Waals surface area contributed by atoms with Gasteiger partial charge in [0, 0.05) is 0 Å². The molecule has 0 N–H and O–H groups in total. The van der Waals surface area contributed by atoms with Gasteiger partial charge in [0.05, 0.1) is 11.6 Å². The van der Waals surface area contributed by atoms with Crippen LogP contribution in [-0.2, 0) is 0 Å². The van der Waals surface area contributed by atoms with Crippen LogP contribution in [0.1, 0.15) is 17.7 Å². The molecule has 0 unspecified atom stereocenters. The summed E-state index contributed by atoms with van der Waals surface area (Å²) in [7, 11) is 0. The number of hydrogen-bond donors (Lipinski definition) is 0. The maximum absolute atomic E-state index is 12.3. The Morgan fingerprint density at radius 2 is 2.27 bits per heavy atom. The number of nitro groups is 1. The lowest BCUT2D eigenvalue weighted by Gasteiger charge is -2.00. The van der Waals surface area contributed by atoms with E-state index in [0.717, 1.165) is 6.07 Å². The quantitative estimate of drug-likeness (QED) is 0.580. The van der Waals surface area contributed by atoms with Crippen LogP contribution in [0, 0.1) is 21.4 Å². The highest BCUT2D eigenvalue weighted by molar-refractivity contribution is 6.32. The summed E-state index contributed by atoms with van der Waals surface area (Å²) in [5, 5.41) is 18.2. The summed E-state index contributed by atoms with van der Waals surface area (Å²) in [6.45, 7) is 0. The topological polar surface area (TPSA) is 79.8 Å². The van der Waals surface area contributed by atoms with E-state index in [1.54, 1.807) is 0 Å². The van der Waals surface area contributed by atoms with Gasteiger partial charge in [-0.05, 0) is 9.91 Å². The van der Waals surface area contributed by atoms with E-state index >= 15 is 0 Å². The van der Waals surface area contributed by atoms with E-state index in [4.69, 9.17) is 16.9 Å². The van der Waals surface area contributed by atoms with Gasteiger partial charge in [-0.15, -0.1) is 0 Å². The molecule has 0 fully saturated rings. The zero-order chi connectivity index (χ0) is 11.6. The van der Waals surface area contributed by atoms with Crippen molar-refractivity contribution in [2.24, 2.45) is 0 Å². The minimum absolute atomic E-state index is 0.395. The first-order valence-electron chi connectivity index (χ1n) is 3.50. The van der Waals surface area contributed by atoms with Crippen molar-refractivity contribution in [1.82, 2.24) is 4.98 Å². The first-order chi connectivity index (χ1) is 6.97. The maximum atomic E-state index is 12.3. The van der Waals surface area contributed by atoms with Gasteiger partial charge in [0.15, 0.2) is 0 Å². The number of nitriles is 1. The predicted octanol–water partition coefficient (Wildman–Crippen LogP) is 2.45. The molecular weight excluding hydrogens is 232 g/mol. The average molecular weight is 234 g/mol. The fourth-order valence-electron chi connectivity index (χ4n) is 0.855. The van der Waals surface area contributed by atoms with Gasteiger partial charge in [-0.25, -0.2) is 8.78 Å². The standard InChI is InChI=1S/C7H2ClF2N3O2/c8-5-3(2-11)1-4(13(14)15)12-6(5)7(9)10/h1,7H. The molecule has 15 heavy (non-hydrogen) atoms. The summed E-state index contributed by atoms with van der Waals surface area (Å²) < 4.78 is 24.6. The van der Waals surface area contributed by atoms with E-state index in [1.807, 2.05) is 0 Å². The Kier molecular flexibility index (Phi) is 3.11. The van der Waals surface area contributed by atoms with E-state index in [1.165, 1.54) is 6.07 Å². The van der Waals surface area contributed by atoms with Gasteiger partial charge in [0.2, 0.25) is 5.69 Å². The average Bonchev–Trinajstić information content (AvgIpc) is 2.17. The molecule has 1 rings (SSSR count). The van der Waals surface area contributed by atoms with Crippen molar-refractivity contribution in [1.29, 1.82) is 5.26 Å². The van der Waals surface area contributed by atoms with E-state index in [9.17, 15) is 18.9 Å². The fourth-order valence-corrected chi connectivity index (χ4v) is 1.08. The molecule has 0 spiro atoms. The summed E-state index contributed by atoms with van der Waals surface area (Å²) in [6.07, 6.45) is -3.07. The molecule has 0 saturated carbocycles. The van der Waals surface area contributed by atoms with Gasteiger partial charge in [0.1, 0.15) is 11.1 Å². The number of halogens is 3. The molecule has 0 aliphatic rings. The number of aromatic nitrogens is 1. The summed E-state index contributed by atoms with van der Waals surface area (Å²) >= 11 is 5.39. The van der Waals surface area contributed by atoms with Gasteiger partial charge >= 0.3 is 12.2 Å². The Labute approximate surface area is 87.1 Å². The molecule has 0 atom stereocenters. The van der Waals surface area contributed by atoms with E-state index < -0.39 is 33.4 Å². The van der Waals surface area contributed by atoms with Crippen LogP contribution in [0.5, 0.6) is 0 Å². The lowest BCUT2D eigenvalue weighted by Crippen LogP contribution is -2.00. The van der Waals surface area contributed by atoms with Crippen molar-refractivity contribution in [3.8, 4) is 6.07 Å². The molecule has 0 aliphatic heterocycles. The molecular formula is C7H2ClF2N3O2.